The lowest BCUT2D eigenvalue weighted by molar-refractivity contribution is 0.0953. The molecule has 0 aliphatic carbocycles. The van der Waals surface area contributed by atoms with E-state index in [0.717, 1.165) is 22.6 Å². The molecule has 9 heteroatoms. The molecule has 7 nitrogen and oxygen atoms in total. The second-order valence-electron chi connectivity index (χ2n) is 7.05. The average molecular weight is 466 g/mol. The summed E-state index contributed by atoms with van der Waals surface area (Å²) in [5, 5.41) is 10.5. The highest BCUT2D eigenvalue weighted by atomic mass is 35.5. The molecule has 2 aromatic heterocycles. The Morgan fingerprint density at radius 3 is 2.31 bits per heavy atom. The van der Waals surface area contributed by atoms with Gasteiger partial charge in [0.1, 0.15) is 15.6 Å². The number of benzene rings is 2. The van der Waals surface area contributed by atoms with Crippen LogP contribution in [-0.4, -0.2) is 26.6 Å². The highest BCUT2D eigenvalue weighted by Crippen LogP contribution is 2.27. The van der Waals surface area contributed by atoms with Gasteiger partial charge in [0.15, 0.2) is 5.13 Å². The van der Waals surface area contributed by atoms with Gasteiger partial charge in [-0.1, -0.05) is 71.5 Å². The summed E-state index contributed by atoms with van der Waals surface area (Å²) in [4.78, 5) is 30.3. The van der Waals surface area contributed by atoms with E-state index >= 15 is 0 Å². The number of carbonyl (C=O) groups is 2. The number of nitrogens with zero attached hydrogens (tertiary/aromatic N) is 3. The first-order chi connectivity index (χ1) is 15.4. The number of anilines is 1. The fourth-order valence-corrected chi connectivity index (χ4v) is 4.41. The van der Waals surface area contributed by atoms with Gasteiger partial charge in [0, 0.05) is 6.54 Å². The summed E-state index contributed by atoms with van der Waals surface area (Å²) in [7, 11) is 0. The van der Waals surface area contributed by atoms with Gasteiger partial charge in [-0.2, -0.15) is 5.10 Å². The standard InChI is InChI=1S/C23H20ClN5O2S/c1-14-18(20(24)29(28-14)17-11-7-4-8-12-17)21(30)27-23-26-15(2)19(32-23)22(31)25-13-16-9-5-3-6-10-16/h3-12H,13H2,1-2H3,(H,25,31)(H,26,27,30). The Bertz CT molecular complexity index is 1270. The second kappa shape index (κ2) is 9.33. The number of aryl methyl sites for hydroxylation is 2. The van der Waals surface area contributed by atoms with Crippen LogP contribution in [0.15, 0.2) is 60.7 Å². The van der Waals surface area contributed by atoms with Crippen LogP contribution in [-0.2, 0) is 6.54 Å². The lowest BCUT2D eigenvalue weighted by atomic mass is 10.2. The molecule has 0 bridgehead atoms. The first-order valence-corrected chi connectivity index (χ1v) is 11.0. The van der Waals surface area contributed by atoms with E-state index in [-0.39, 0.29) is 16.6 Å². The van der Waals surface area contributed by atoms with Crippen molar-refractivity contribution in [3.63, 3.8) is 0 Å². The number of halogens is 1. The lowest BCUT2D eigenvalue weighted by Gasteiger charge is -2.04. The van der Waals surface area contributed by atoms with Crippen LogP contribution >= 0.6 is 22.9 Å². The van der Waals surface area contributed by atoms with E-state index in [2.05, 4.69) is 20.7 Å². The van der Waals surface area contributed by atoms with Crippen molar-refractivity contribution in [3.05, 3.63) is 93.2 Å². The normalized spacial score (nSPS) is 10.7. The van der Waals surface area contributed by atoms with Crippen LogP contribution < -0.4 is 10.6 Å². The Balaban J connectivity index is 1.49. The van der Waals surface area contributed by atoms with E-state index in [1.54, 1.807) is 13.8 Å². The minimum absolute atomic E-state index is 0.209. The summed E-state index contributed by atoms with van der Waals surface area (Å²) >= 11 is 7.59. The monoisotopic (exact) mass is 465 g/mol. The second-order valence-corrected chi connectivity index (χ2v) is 8.41. The van der Waals surface area contributed by atoms with E-state index in [1.165, 1.54) is 4.68 Å². The molecule has 0 saturated carbocycles. The predicted octanol–water partition coefficient (Wildman–Crippen LogP) is 4.78. The quantitative estimate of drug-likeness (QED) is 0.429. The van der Waals surface area contributed by atoms with Crippen LogP contribution in [0.1, 0.15) is 37.0 Å². The van der Waals surface area contributed by atoms with Gasteiger partial charge >= 0.3 is 0 Å². The Hall–Kier alpha value is -3.49. The molecule has 4 rings (SSSR count). The Labute approximate surface area is 194 Å². The Kier molecular flexibility index (Phi) is 6.34. The predicted molar refractivity (Wildman–Crippen MR) is 126 cm³/mol. The van der Waals surface area contributed by atoms with Crippen LogP contribution in [0.5, 0.6) is 0 Å². The first kappa shape index (κ1) is 21.7. The van der Waals surface area contributed by atoms with Gasteiger partial charge in [-0.25, -0.2) is 9.67 Å². The van der Waals surface area contributed by atoms with E-state index in [9.17, 15) is 9.59 Å². The lowest BCUT2D eigenvalue weighted by Crippen LogP contribution is -2.22. The number of nitrogens with one attached hydrogen (secondary N) is 2. The number of hydrogen-bond acceptors (Lipinski definition) is 5. The number of hydrogen-bond donors (Lipinski definition) is 2. The third kappa shape index (κ3) is 4.56. The Morgan fingerprint density at radius 2 is 1.62 bits per heavy atom. The van der Waals surface area contributed by atoms with E-state index in [1.807, 2.05) is 60.7 Å². The summed E-state index contributed by atoms with van der Waals surface area (Å²) in [5.74, 6) is -0.671. The van der Waals surface area contributed by atoms with Crippen molar-refractivity contribution in [2.75, 3.05) is 5.32 Å². The molecule has 2 heterocycles. The molecule has 0 atom stereocenters. The van der Waals surface area contributed by atoms with Crippen LogP contribution in [0.2, 0.25) is 5.15 Å². The van der Waals surface area contributed by atoms with Crippen molar-refractivity contribution >= 4 is 39.9 Å². The molecule has 32 heavy (non-hydrogen) atoms. The zero-order chi connectivity index (χ0) is 22.7. The topological polar surface area (TPSA) is 88.9 Å². The minimum atomic E-state index is -0.431. The van der Waals surface area contributed by atoms with Crippen molar-refractivity contribution < 1.29 is 9.59 Å². The summed E-state index contributed by atoms with van der Waals surface area (Å²) in [5.41, 5.74) is 3.04. The molecule has 2 amide bonds. The summed E-state index contributed by atoms with van der Waals surface area (Å²) in [6.07, 6.45) is 0. The van der Waals surface area contributed by atoms with E-state index < -0.39 is 5.91 Å². The van der Waals surface area contributed by atoms with Crippen molar-refractivity contribution in [1.82, 2.24) is 20.1 Å². The van der Waals surface area contributed by atoms with Gasteiger partial charge in [0.25, 0.3) is 11.8 Å². The molecule has 0 fully saturated rings. The van der Waals surface area contributed by atoms with Gasteiger partial charge in [0.05, 0.1) is 17.1 Å². The molecule has 2 N–H and O–H groups in total. The van der Waals surface area contributed by atoms with Gasteiger partial charge in [-0.3, -0.25) is 14.9 Å². The largest absolute Gasteiger partial charge is 0.347 e. The average Bonchev–Trinajstić information content (AvgIpc) is 3.31. The third-order valence-corrected chi connectivity index (χ3v) is 6.17. The fourth-order valence-electron chi connectivity index (χ4n) is 3.18. The molecule has 0 aliphatic rings. The number of aromatic nitrogens is 3. The molecule has 0 spiro atoms. The number of rotatable bonds is 6. The summed E-state index contributed by atoms with van der Waals surface area (Å²) < 4.78 is 1.52. The molecule has 0 radical (unpaired) electrons. The SMILES string of the molecule is Cc1nc(NC(=O)c2c(C)nn(-c3ccccc3)c2Cl)sc1C(=O)NCc1ccccc1. The molecular weight excluding hydrogens is 446 g/mol. The highest BCUT2D eigenvalue weighted by molar-refractivity contribution is 7.17. The third-order valence-electron chi connectivity index (χ3n) is 4.75. The maximum Gasteiger partial charge on any atom is 0.263 e. The van der Waals surface area contributed by atoms with Crippen LogP contribution in [0.3, 0.4) is 0 Å². The molecule has 4 aromatic rings. The zero-order valence-corrected chi connectivity index (χ0v) is 19.0. The number of carbonyl (C=O) groups excluding carboxylic acids is 2. The number of thiazole rings is 1. The molecule has 2 aromatic carbocycles. The van der Waals surface area contributed by atoms with Crippen molar-refractivity contribution in [3.8, 4) is 5.69 Å². The van der Waals surface area contributed by atoms with Gasteiger partial charge in [-0.05, 0) is 31.5 Å². The van der Waals surface area contributed by atoms with Crippen LogP contribution in [0, 0.1) is 13.8 Å². The van der Waals surface area contributed by atoms with Gasteiger partial charge < -0.3 is 5.32 Å². The highest BCUT2D eigenvalue weighted by Gasteiger charge is 2.23. The van der Waals surface area contributed by atoms with Crippen LogP contribution in [0.4, 0.5) is 5.13 Å². The number of amides is 2. The maximum atomic E-state index is 12.9. The molecule has 162 valence electrons. The summed E-state index contributed by atoms with van der Waals surface area (Å²) in [6.45, 7) is 3.86. The zero-order valence-electron chi connectivity index (χ0n) is 17.4. The van der Waals surface area contributed by atoms with Crippen molar-refractivity contribution in [2.24, 2.45) is 0 Å². The smallest absolute Gasteiger partial charge is 0.263 e. The van der Waals surface area contributed by atoms with Crippen molar-refractivity contribution in [2.45, 2.75) is 20.4 Å². The minimum Gasteiger partial charge on any atom is -0.347 e. The van der Waals surface area contributed by atoms with E-state index in [4.69, 9.17) is 11.6 Å². The first-order valence-electron chi connectivity index (χ1n) is 9.85. The number of para-hydroxylation sites is 1. The molecule has 0 unspecified atom stereocenters. The van der Waals surface area contributed by atoms with Gasteiger partial charge in [-0.15, -0.1) is 0 Å². The summed E-state index contributed by atoms with van der Waals surface area (Å²) in [6, 6.07) is 19.0. The fraction of sp³-hybridized carbons (Fsp3) is 0.130. The Morgan fingerprint density at radius 1 is 0.969 bits per heavy atom. The van der Waals surface area contributed by atoms with Crippen LogP contribution in [0.25, 0.3) is 5.69 Å². The van der Waals surface area contributed by atoms with Crippen molar-refractivity contribution in [1.29, 1.82) is 0 Å². The molecule has 0 saturated heterocycles. The maximum absolute atomic E-state index is 12.9. The molecule has 0 aliphatic heterocycles. The molecular formula is C23H20ClN5O2S. The van der Waals surface area contributed by atoms with Gasteiger partial charge in [0.2, 0.25) is 0 Å². The van der Waals surface area contributed by atoms with E-state index in [0.29, 0.717) is 27.9 Å².